The van der Waals surface area contributed by atoms with Crippen LogP contribution in [0, 0.1) is 5.41 Å². The van der Waals surface area contributed by atoms with Crippen molar-refractivity contribution in [2.75, 3.05) is 14.1 Å². The van der Waals surface area contributed by atoms with Gasteiger partial charge < -0.3 is 10.2 Å². The van der Waals surface area contributed by atoms with E-state index in [0.717, 1.165) is 18.7 Å². The van der Waals surface area contributed by atoms with Gasteiger partial charge in [0.1, 0.15) is 17.3 Å². The molecule has 2 aliphatic rings. The van der Waals surface area contributed by atoms with Gasteiger partial charge in [-0.05, 0) is 25.7 Å². The Morgan fingerprint density at radius 2 is 2.00 bits per heavy atom. The fourth-order valence-electron chi connectivity index (χ4n) is 2.25. The smallest absolute Gasteiger partial charge is 0.132 e. The number of rotatable bonds is 0. The highest BCUT2D eigenvalue weighted by Gasteiger charge is 2.37. The average Bonchev–Trinajstić information content (AvgIpc) is 2.51. The molecule has 1 spiro atoms. The maximum absolute atomic E-state index is 7.78. The van der Waals surface area contributed by atoms with E-state index >= 15 is 0 Å². The van der Waals surface area contributed by atoms with Crippen molar-refractivity contribution in [3.63, 3.8) is 0 Å². The number of hydrogen-bond acceptors (Lipinski definition) is 3. The Morgan fingerprint density at radius 1 is 1.36 bits per heavy atom. The third-order valence-corrected chi connectivity index (χ3v) is 3.01. The normalized spacial score (nSPS) is 24.7. The van der Waals surface area contributed by atoms with Gasteiger partial charge in [0.15, 0.2) is 0 Å². The van der Waals surface area contributed by atoms with Gasteiger partial charge in [-0.3, -0.25) is 5.41 Å². The Kier molecular flexibility index (Phi) is 2.21. The highest BCUT2D eigenvalue weighted by atomic mass is 15.3. The summed E-state index contributed by atoms with van der Waals surface area (Å²) < 4.78 is 0. The van der Waals surface area contributed by atoms with E-state index in [-0.39, 0.29) is 5.66 Å². The number of nitrogens with one attached hydrogen (secondary N) is 2. The molecule has 2 N–H and O–H groups in total. The molecular weight excluding hydrogens is 176 g/mol. The third kappa shape index (κ3) is 1.61. The lowest BCUT2D eigenvalue weighted by atomic mass is 10.1. The highest BCUT2D eigenvalue weighted by molar-refractivity contribution is 6.03. The van der Waals surface area contributed by atoms with Crippen molar-refractivity contribution in [2.24, 2.45) is 4.99 Å². The Hall–Kier alpha value is -1.06. The number of nitrogens with zero attached hydrogens (tertiary/aromatic N) is 2. The van der Waals surface area contributed by atoms with Gasteiger partial charge in [-0.15, -0.1) is 0 Å². The molecule has 0 saturated heterocycles. The molecule has 0 bridgehead atoms. The van der Waals surface area contributed by atoms with E-state index in [4.69, 9.17) is 10.4 Å². The van der Waals surface area contributed by atoms with Gasteiger partial charge in [-0.2, -0.15) is 0 Å². The average molecular weight is 194 g/mol. The van der Waals surface area contributed by atoms with Gasteiger partial charge in [-0.25, -0.2) is 4.99 Å². The predicted octanol–water partition coefficient (Wildman–Crippen LogP) is 1.19. The van der Waals surface area contributed by atoms with Crippen molar-refractivity contribution in [1.82, 2.24) is 10.2 Å². The summed E-state index contributed by atoms with van der Waals surface area (Å²) in [5.74, 6) is 1.65. The lowest BCUT2D eigenvalue weighted by Gasteiger charge is -2.34. The lowest BCUT2D eigenvalue weighted by molar-refractivity contribution is 0.388. The second-order valence-corrected chi connectivity index (χ2v) is 4.44. The Morgan fingerprint density at radius 3 is 2.57 bits per heavy atom. The lowest BCUT2D eigenvalue weighted by Crippen LogP contribution is -2.51. The number of amidine groups is 2. The Bertz CT molecular complexity index is 274. The van der Waals surface area contributed by atoms with Gasteiger partial charge >= 0.3 is 0 Å². The van der Waals surface area contributed by atoms with Crippen molar-refractivity contribution >= 4 is 11.7 Å². The molecule has 2 rings (SSSR count). The van der Waals surface area contributed by atoms with Gasteiger partial charge in [-0.1, -0.05) is 0 Å². The van der Waals surface area contributed by atoms with E-state index in [1.807, 2.05) is 19.0 Å². The van der Waals surface area contributed by atoms with Crippen molar-refractivity contribution < 1.29 is 0 Å². The summed E-state index contributed by atoms with van der Waals surface area (Å²) in [5.41, 5.74) is -0.130. The molecule has 1 saturated carbocycles. The molecule has 0 aromatic heterocycles. The largest absolute Gasteiger partial charge is 0.366 e. The molecule has 1 aliphatic carbocycles. The summed E-state index contributed by atoms with van der Waals surface area (Å²) >= 11 is 0. The topological polar surface area (TPSA) is 51.5 Å². The zero-order valence-electron chi connectivity index (χ0n) is 8.93. The first-order valence-electron chi connectivity index (χ1n) is 5.23. The van der Waals surface area contributed by atoms with Crippen LogP contribution in [0.25, 0.3) is 0 Å². The van der Waals surface area contributed by atoms with E-state index in [1.54, 1.807) is 0 Å². The van der Waals surface area contributed by atoms with Gasteiger partial charge in [0, 0.05) is 14.1 Å². The molecule has 1 fully saturated rings. The highest BCUT2D eigenvalue weighted by Crippen LogP contribution is 2.33. The second kappa shape index (κ2) is 3.26. The van der Waals surface area contributed by atoms with Crippen LogP contribution >= 0.6 is 0 Å². The molecule has 0 atom stereocenters. The van der Waals surface area contributed by atoms with Crippen LogP contribution in [0.4, 0.5) is 0 Å². The van der Waals surface area contributed by atoms with Crippen LogP contribution in [0.1, 0.15) is 32.1 Å². The number of hydrogen-bond donors (Lipinski definition) is 2. The van der Waals surface area contributed by atoms with Gasteiger partial charge in [0.2, 0.25) is 0 Å². The zero-order chi connectivity index (χ0) is 10.2. The minimum Gasteiger partial charge on any atom is -0.366 e. The maximum atomic E-state index is 7.78. The van der Waals surface area contributed by atoms with Crippen molar-refractivity contribution in [3.8, 4) is 0 Å². The zero-order valence-corrected chi connectivity index (χ0v) is 8.93. The van der Waals surface area contributed by atoms with Crippen LogP contribution in [0.5, 0.6) is 0 Å². The Balaban J connectivity index is 2.26. The van der Waals surface area contributed by atoms with Gasteiger partial charge in [0.05, 0.1) is 6.42 Å². The summed E-state index contributed by atoms with van der Waals surface area (Å²) in [4.78, 5) is 6.78. The molecule has 0 amide bonds. The van der Waals surface area contributed by atoms with Crippen molar-refractivity contribution in [2.45, 2.75) is 37.8 Å². The quantitative estimate of drug-likeness (QED) is 0.608. The molecule has 14 heavy (non-hydrogen) atoms. The monoisotopic (exact) mass is 194 g/mol. The molecule has 4 nitrogen and oxygen atoms in total. The molecule has 0 unspecified atom stereocenters. The van der Waals surface area contributed by atoms with E-state index < -0.39 is 0 Å². The molecule has 0 radical (unpaired) electrons. The predicted molar refractivity (Wildman–Crippen MR) is 57.8 cm³/mol. The third-order valence-electron chi connectivity index (χ3n) is 3.01. The fourth-order valence-corrected chi connectivity index (χ4v) is 2.25. The standard InChI is InChI=1S/C10H18N4/c1-14(2)9-7-8(11)12-10(13-9)5-3-4-6-10/h3-7H2,1-2H3,(H2,11,12). The van der Waals surface area contributed by atoms with E-state index in [2.05, 4.69) is 5.32 Å². The van der Waals surface area contributed by atoms with E-state index in [1.165, 1.54) is 12.8 Å². The van der Waals surface area contributed by atoms with Crippen LogP contribution in [-0.4, -0.2) is 36.3 Å². The second-order valence-electron chi connectivity index (χ2n) is 4.44. The molecule has 1 heterocycles. The molecule has 0 aromatic rings. The first-order chi connectivity index (χ1) is 6.61. The fraction of sp³-hybridized carbons (Fsp3) is 0.800. The molecular formula is C10H18N4. The van der Waals surface area contributed by atoms with E-state index in [9.17, 15) is 0 Å². The van der Waals surface area contributed by atoms with Crippen LogP contribution in [0.3, 0.4) is 0 Å². The molecule has 4 heteroatoms. The summed E-state index contributed by atoms with van der Waals surface area (Å²) in [6.07, 6.45) is 5.25. The molecule has 78 valence electrons. The Labute approximate surface area is 84.9 Å². The summed E-state index contributed by atoms with van der Waals surface area (Å²) in [6, 6.07) is 0. The number of aliphatic imine (C=N–C) groups is 1. The van der Waals surface area contributed by atoms with Gasteiger partial charge in [0.25, 0.3) is 0 Å². The van der Waals surface area contributed by atoms with E-state index in [0.29, 0.717) is 12.3 Å². The maximum Gasteiger partial charge on any atom is 0.132 e. The first kappa shape index (κ1) is 9.49. The molecule has 1 aliphatic heterocycles. The summed E-state index contributed by atoms with van der Waals surface area (Å²) in [5, 5.41) is 11.0. The van der Waals surface area contributed by atoms with Crippen LogP contribution in [0.15, 0.2) is 4.99 Å². The minimum atomic E-state index is -0.130. The summed E-state index contributed by atoms with van der Waals surface area (Å²) in [6.45, 7) is 0. The van der Waals surface area contributed by atoms with Crippen LogP contribution in [0.2, 0.25) is 0 Å². The van der Waals surface area contributed by atoms with Crippen molar-refractivity contribution in [1.29, 1.82) is 5.41 Å². The summed E-state index contributed by atoms with van der Waals surface area (Å²) in [7, 11) is 4.00. The van der Waals surface area contributed by atoms with Crippen LogP contribution < -0.4 is 5.32 Å². The first-order valence-corrected chi connectivity index (χ1v) is 5.23. The SMILES string of the molecule is CN(C)C1=NC2(CCCC2)NC(=N)C1. The van der Waals surface area contributed by atoms with Crippen molar-refractivity contribution in [3.05, 3.63) is 0 Å². The molecule has 0 aromatic carbocycles. The van der Waals surface area contributed by atoms with Crippen LogP contribution in [-0.2, 0) is 0 Å². The minimum absolute atomic E-state index is 0.130.